The zero-order valence-electron chi connectivity index (χ0n) is 18.6. The molecule has 9 heteroatoms. The fraction of sp³-hybridized carbons (Fsp3) is 0.435. The van der Waals surface area contributed by atoms with E-state index in [9.17, 15) is 22.8 Å². The smallest absolute Gasteiger partial charge is 0.422 e. The van der Waals surface area contributed by atoms with Gasteiger partial charge in [0, 0.05) is 22.7 Å². The molecule has 172 valence electrons. The van der Waals surface area contributed by atoms with Gasteiger partial charge in [0.25, 0.3) is 5.91 Å². The zero-order valence-corrected chi connectivity index (χ0v) is 18.6. The molecule has 1 atom stereocenters. The van der Waals surface area contributed by atoms with Crippen molar-refractivity contribution in [3.63, 3.8) is 0 Å². The Morgan fingerprint density at radius 3 is 2.53 bits per heavy atom. The number of hydrogen-bond donors (Lipinski definition) is 1. The lowest BCUT2D eigenvalue weighted by Gasteiger charge is -2.25. The number of halogens is 3. The van der Waals surface area contributed by atoms with E-state index in [4.69, 9.17) is 4.74 Å². The minimum absolute atomic E-state index is 0.144. The Hall–Kier alpha value is -3.10. The molecule has 0 aliphatic carbocycles. The summed E-state index contributed by atoms with van der Waals surface area (Å²) in [5.41, 5.74) is 1.80. The van der Waals surface area contributed by atoms with Crippen molar-refractivity contribution in [1.29, 1.82) is 0 Å². The maximum absolute atomic E-state index is 13.0. The summed E-state index contributed by atoms with van der Waals surface area (Å²) in [6.07, 6.45) is -2.93. The van der Waals surface area contributed by atoms with Crippen molar-refractivity contribution in [2.24, 2.45) is 5.41 Å². The number of benzene rings is 1. The molecule has 1 unspecified atom stereocenters. The van der Waals surface area contributed by atoms with E-state index in [1.54, 1.807) is 50.8 Å². The lowest BCUT2D eigenvalue weighted by Crippen LogP contribution is -2.29. The highest BCUT2D eigenvalue weighted by Gasteiger charge is 2.35. The number of carbonyl (C=O) groups is 2. The predicted octanol–water partition coefficient (Wildman–Crippen LogP) is 5.03. The number of ether oxygens (including phenoxy) is 1. The van der Waals surface area contributed by atoms with Gasteiger partial charge in [-0.05, 0) is 37.1 Å². The van der Waals surface area contributed by atoms with Crippen molar-refractivity contribution >= 4 is 17.6 Å². The highest BCUT2D eigenvalue weighted by Crippen LogP contribution is 2.35. The summed E-state index contributed by atoms with van der Waals surface area (Å²) in [6, 6.07) is 6.12. The molecule has 0 saturated heterocycles. The van der Waals surface area contributed by atoms with E-state index < -0.39 is 18.2 Å². The molecule has 2 heterocycles. The normalized spacial score (nSPS) is 14.9. The number of aryl methyl sites for hydroxylation is 1. The van der Waals surface area contributed by atoms with Gasteiger partial charge in [0.1, 0.15) is 11.6 Å². The lowest BCUT2D eigenvalue weighted by molar-refractivity contribution is -0.153. The van der Waals surface area contributed by atoms with Crippen LogP contribution in [-0.2, 0) is 11.3 Å². The van der Waals surface area contributed by atoms with Crippen molar-refractivity contribution < 1.29 is 27.5 Å². The summed E-state index contributed by atoms with van der Waals surface area (Å²) in [5, 5.41) is 2.81. The van der Waals surface area contributed by atoms with Gasteiger partial charge < -0.3 is 15.0 Å². The minimum Gasteiger partial charge on any atom is -0.484 e. The van der Waals surface area contributed by atoms with Gasteiger partial charge in [-0.3, -0.25) is 9.59 Å². The van der Waals surface area contributed by atoms with Crippen LogP contribution in [-0.4, -0.2) is 34.5 Å². The van der Waals surface area contributed by atoms with Crippen LogP contribution in [0.15, 0.2) is 30.5 Å². The van der Waals surface area contributed by atoms with E-state index in [1.165, 1.54) is 12.3 Å². The highest BCUT2D eigenvalue weighted by molar-refractivity contribution is 6.02. The first-order valence-corrected chi connectivity index (χ1v) is 10.2. The number of carbonyl (C=O) groups excluding carboxylic acids is 2. The molecular formula is C23H26F3N3O3. The van der Waals surface area contributed by atoms with Gasteiger partial charge in [-0.2, -0.15) is 13.2 Å². The van der Waals surface area contributed by atoms with E-state index in [1.807, 2.05) is 6.92 Å². The molecule has 3 rings (SSSR count). The number of fused-ring (bicyclic) bond motifs is 1. The zero-order chi connectivity index (χ0) is 23.8. The second-order valence-electron chi connectivity index (χ2n) is 8.93. The van der Waals surface area contributed by atoms with Gasteiger partial charge in [-0.25, -0.2) is 4.98 Å². The number of nitrogens with one attached hydrogen (secondary N) is 1. The molecule has 0 saturated carbocycles. The summed E-state index contributed by atoms with van der Waals surface area (Å²) in [5.74, 6) is 0.0990. The van der Waals surface area contributed by atoms with Crippen LogP contribution in [0.25, 0.3) is 0 Å². The minimum atomic E-state index is -4.42. The van der Waals surface area contributed by atoms with Crippen molar-refractivity contribution in [2.45, 2.75) is 53.4 Å². The molecule has 1 N–H and O–H groups in total. The lowest BCUT2D eigenvalue weighted by atomic mass is 9.95. The molecule has 32 heavy (non-hydrogen) atoms. The highest BCUT2D eigenvalue weighted by atomic mass is 19.4. The van der Waals surface area contributed by atoms with Crippen molar-refractivity contribution in [2.75, 3.05) is 11.9 Å². The Morgan fingerprint density at radius 2 is 1.94 bits per heavy atom. The largest absolute Gasteiger partial charge is 0.484 e. The van der Waals surface area contributed by atoms with Gasteiger partial charge in [-0.15, -0.1) is 0 Å². The second kappa shape index (κ2) is 8.44. The molecule has 6 nitrogen and oxygen atoms in total. The first-order chi connectivity index (χ1) is 14.8. The molecular weight excluding hydrogens is 423 g/mol. The SMILES string of the molecule is Cc1cc(C(C)N2Cc3c(ccnc3NC(=O)C(C)(C)C)C2=O)ccc1OCC(F)(F)F. The average Bonchev–Trinajstić information content (AvgIpc) is 3.03. The molecule has 1 aromatic carbocycles. The number of amides is 2. The monoisotopic (exact) mass is 449 g/mol. The van der Waals surface area contributed by atoms with Crippen LogP contribution in [0.1, 0.15) is 60.8 Å². The van der Waals surface area contributed by atoms with E-state index in [0.717, 1.165) is 5.56 Å². The summed E-state index contributed by atoms with van der Waals surface area (Å²) in [6.45, 7) is 7.76. The third-order valence-electron chi connectivity index (χ3n) is 5.33. The average molecular weight is 449 g/mol. The Bertz CT molecular complexity index is 1050. The molecule has 2 aromatic rings. The third-order valence-corrected chi connectivity index (χ3v) is 5.33. The fourth-order valence-electron chi connectivity index (χ4n) is 3.40. The Morgan fingerprint density at radius 1 is 1.25 bits per heavy atom. The molecule has 0 fully saturated rings. The standard InChI is InChI=1S/C23H26F3N3O3/c1-13-10-15(6-7-18(13)32-12-23(24,25)26)14(2)29-11-17-16(20(29)30)8-9-27-19(17)28-21(31)22(3,4)5/h6-10,14H,11-12H2,1-5H3,(H,27,28,31). The third kappa shape index (κ3) is 5.03. The van der Waals surface area contributed by atoms with Crippen LogP contribution < -0.4 is 10.1 Å². The Balaban J connectivity index is 1.80. The number of alkyl halides is 3. The van der Waals surface area contributed by atoms with Crippen molar-refractivity contribution in [3.8, 4) is 5.75 Å². The van der Waals surface area contributed by atoms with Gasteiger partial charge in [0.15, 0.2) is 6.61 Å². The summed E-state index contributed by atoms with van der Waals surface area (Å²) in [4.78, 5) is 31.3. The van der Waals surface area contributed by atoms with E-state index in [2.05, 4.69) is 10.3 Å². The molecule has 0 radical (unpaired) electrons. The van der Waals surface area contributed by atoms with Crippen LogP contribution in [0.5, 0.6) is 5.75 Å². The summed E-state index contributed by atoms with van der Waals surface area (Å²) < 4.78 is 42.2. The second-order valence-corrected chi connectivity index (χ2v) is 8.93. The van der Waals surface area contributed by atoms with Gasteiger partial charge in [0.05, 0.1) is 12.6 Å². The fourth-order valence-corrected chi connectivity index (χ4v) is 3.40. The first kappa shape index (κ1) is 23.6. The van der Waals surface area contributed by atoms with E-state index in [0.29, 0.717) is 22.5 Å². The summed E-state index contributed by atoms with van der Waals surface area (Å²) >= 11 is 0. The number of aromatic nitrogens is 1. The van der Waals surface area contributed by atoms with Crippen molar-refractivity contribution in [1.82, 2.24) is 9.88 Å². The Labute approximate surface area is 184 Å². The Kier molecular flexibility index (Phi) is 6.22. The van der Waals surface area contributed by atoms with Crippen LogP contribution in [0, 0.1) is 12.3 Å². The van der Waals surface area contributed by atoms with Gasteiger partial charge in [0.2, 0.25) is 5.91 Å². The molecule has 2 amide bonds. The van der Waals surface area contributed by atoms with Crippen molar-refractivity contribution in [3.05, 3.63) is 52.7 Å². The molecule has 1 aromatic heterocycles. The van der Waals surface area contributed by atoms with Crippen LogP contribution in [0.4, 0.5) is 19.0 Å². The van der Waals surface area contributed by atoms with Crippen LogP contribution in [0.2, 0.25) is 0 Å². The maximum atomic E-state index is 13.0. The van der Waals surface area contributed by atoms with Crippen LogP contribution in [0.3, 0.4) is 0 Å². The number of rotatable bonds is 5. The molecule has 0 bridgehead atoms. The van der Waals surface area contributed by atoms with Gasteiger partial charge >= 0.3 is 6.18 Å². The maximum Gasteiger partial charge on any atom is 0.422 e. The number of hydrogen-bond acceptors (Lipinski definition) is 4. The predicted molar refractivity (Wildman–Crippen MR) is 113 cm³/mol. The number of nitrogens with zero attached hydrogens (tertiary/aromatic N) is 2. The first-order valence-electron chi connectivity index (χ1n) is 10.2. The molecule has 0 spiro atoms. The quantitative estimate of drug-likeness (QED) is 0.695. The summed E-state index contributed by atoms with van der Waals surface area (Å²) in [7, 11) is 0. The molecule has 1 aliphatic heterocycles. The van der Waals surface area contributed by atoms with Crippen LogP contribution >= 0.6 is 0 Å². The van der Waals surface area contributed by atoms with E-state index in [-0.39, 0.29) is 30.2 Å². The van der Waals surface area contributed by atoms with E-state index >= 15 is 0 Å². The number of anilines is 1. The van der Waals surface area contributed by atoms with Gasteiger partial charge in [-0.1, -0.05) is 32.9 Å². The molecule has 1 aliphatic rings. The number of pyridine rings is 1. The topological polar surface area (TPSA) is 71.5 Å².